The van der Waals surface area contributed by atoms with Gasteiger partial charge in [-0.05, 0) is 49.9 Å². The molecule has 1 saturated heterocycles. The number of hydrogen-bond donors (Lipinski definition) is 1. The molecule has 2 rings (SSSR count). The Morgan fingerprint density at radius 2 is 2.05 bits per heavy atom. The Labute approximate surface area is 124 Å². The first kappa shape index (κ1) is 15.9. The second kappa shape index (κ2) is 7.50. The van der Waals surface area contributed by atoms with Gasteiger partial charge in [0, 0.05) is 19.7 Å². The van der Waals surface area contributed by atoms with Crippen molar-refractivity contribution in [3.63, 3.8) is 0 Å². The van der Waals surface area contributed by atoms with E-state index in [0.29, 0.717) is 12.5 Å². The number of rotatable bonds is 5. The van der Waals surface area contributed by atoms with Gasteiger partial charge in [0.25, 0.3) is 0 Å². The molecule has 116 valence electrons. The van der Waals surface area contributed by atoms with Gasteiger partial charge in [-0.1, -0.05) is 6.07 Å². The van der Waals surface area contributed by atoms with Crippen LogP contribution in [0, 0.1) is 17.6 Å². The Bertz CT molecular complexity index is 487. The summed E-state index contributed by atoms with van der Waals surface area (Å²) in [6.45, 7) is 2.78. The van der Waals surface area contributed by atoms with Crippen molar-refractivity contribution < 1.29 is 13.6 Å². The summed E-state index contributed by atoms with van der Waals surface area (Å²) < 4.78 is 26.4. The maximum absolute atomic E-state index is 13.5. The highest BCUT2D eigenvalue weighted by Gasteiger charge is 2.17. The third kappa shape index (κ3) is 4.77. The first-order valence-corrected chi connectivity index (χ1v) is 7.45. The zero-order chi connectivity index (χ0) is 15.2. The summed E-state index contributed by atoms with van der Waals surface area (Å²) in [5.41, 5.74) is 0.245. The highest BCUT2D eigenvalue weighted by molar-refractivity contribution is 5.78. The first-order valence-electron chi connectivity index (χ1n) is 7.45. The molecule has 0 unspecified atom stereocenters. The minimum Gasteiger partial charge on any atom is -0.345 e. The molecule has 1 aromatic carbocycles. The van der Waals surface area contributed by atoms with Crippen molar-refractivity contribution in [2.75, 3.05) is 26.7 Å². The summed E-state index contributed by atoms with van der Waals surface area (Å²) in [4.78, 5) is 13.7. The molecule has 1 heterocycles. The highest BCUT2D eigenvalue weighted by atomic mass is 19.1. The summed E-state index contributed by atoms with van der Waals surface area (Å²) in [6.07, 6.45) is 3.26. The molecular formula is C16H22F2N2O. The zero-order valence-corrected chi connectivity index (χ0v) is 12.4. The Hall–Kier alpha value is -1.49. The summed E-state index contributed by atoms with van der Waals surface area (Å²) in [6, 6.07) is 3.33. The Kier molecular flexibility index (Phi) is 5.67. The van der Waals surface area contributed by atoms with Crippen LogP contribution < -0.4 is 5.32 Å². The minimum absolute atomic E-state index is 0.0190. The van der Waals surface area contributed by atoms with Gasteiger partial charge in [-0.25, -0.2) is 8.78 Å². The van der Waals surface area contributed by atoms with Crippen LogP contribution in [-0.4, -0.2) is 37.5 Å². The van der Waals surface area contributed by atoms with Crippen molar-refractivity contribution in [3.8, 4) is 0 Å². The molecule has 21 heavy (non-hydrogen) atoms. The van der Waals surface area contributed by atoms with Crippen LogP contribution in [0.15, 0.2) is 18.2 Å². The lowest BCUT2D eigenvalue weighted by atomic mass is 9.94. The predicted octanol–water partition coefficient (Wildman–Crippen LogP) is 2.36. The van der Waals surface area contributed by atoms with E-state index in [4.69, 9.17) is 0 Å². The Morgan fingerprint density at radius 1 is 1.33 bits per heavy atom. The van der Waals surface area contributed by atoms with E-state index in [1.807, 2.05) is 0 Å². The molecular weight excluding hydrogens is 274 g/mol. The van der Waals surface area contributed by atoms with Gasteiger partial charge in [-0.15, -0.1) is 0 Å². The number of carbonyl (C=O) groups excluding carboxylic acids is 1. The van der Waals surface area contributed by atoms with Crippen LogP contribution in [0.5, 0.6) is 0 Å². The molecule has 1 aliphatic heterocycles. The van der Waals surface area contributed by atoms with Crippen LogP contribution in [-0.2, 0) is 11.2 Å². The minimum atomic E-state index is -0.657. The number of carbonyl (C=O) groups is 1. The van der Waals surface area contributed by atoms with E-state index in [0.717, 1.165) is 38.4 Å². The van der Waals surface area contributed by atoms with Crippen LogP contribution in [0.25, 0.3) is 0 Å². The number of nitrogens with zero attached hydrogens (tertiary/aromatic N) is 1. The predicted molar refractivity (Wildman–Crippen MR) is 77.9 cm³/mol. The number of amides is 1. The van der Waals surface area contributed by atoms with Crippen molar-refractivity contribution in [1.29, 1.82) is 0 Å². The molecule has 1 fully saturated rings. The van der Waals surface area contributed by atoms with Crippen LogP contribution >= 0.6 is 0 Å². The third-order valence-electron chi connectivity index (χ3n) is 4.11. The average molecular weight is 296 g/mol. The Balaban J connectivity index is 1.81. The van der Waals surface area contributed by atoms with Crippen molar-refractivity contribution in [1.82, 2.24) is 10.2 Å². The molecule has 0 saturated carbocycles. The van der Waals surface area contributed by atoms with Crippen LogP contribution in [0.1, 0.15) is 24.8 Å². The standard InChI is InChI=1S/C16H22F2N2O/c1-20(9-6-12-4-7-19-8-5-12)16(21)10-13-2-3-14(17)11-15(13)18/h2-3,11-12,19H,4-10H2,1H3. The number of benzene rings is 1. The fourth-order valence-electron chi connectivity index (χ4n) is 2.63. The quantitative estimate of drug-likeness (QED) is 0.904. The fourth-order valence-corrected chi connectivity index (χ4v) is 2.63. The van der Waals surface area contributed by atoms with Gasteiger partial charge in [0.05, 0.1) is 6.42 Å². The number of likely N-dealkylation sites (N-methyl/N-ethyl adjacent to an activating group) is 1. The summed E-state index contributed by atoms with van der Waals surface area (Å²) in [5, 5.41) is 3.32. The van der Waals surface area contributed by atoms with E-state index in [9.17, 15) is 13.6 Å². The summed E-state index contributed by atoms with van der Waals surface area (Å²) in [5.74, 6) is -0.753. The second-order valence-corrected chi connectivity index (χ2v) is 5.71. The van der Waals surface area contributed by atoms with Crippen molar-refractivity contribution in [3.05, 3.63) is 35.4 Å². The average Bonchev–Trinajstić information content (AvgIpc) is 2.48. The van der Waals surface area contributed by atoms with Gasteiger partial charge in [0.1, 0.15) is 11.6 Å². The van der Waals surface area contributed by atoms with Crippen molar-refractivity contribution in [2.24, 2.45) is 5.92 Å². The van der Waals surface area contributed by atoms with Crippen LogP contribution in [0.3, 0.4) is 0 Å². The Morgan fingerprint density at radius 3 is 2.71 bits per heavy atom. The van der Waals surface area contributed by atoms with E-state index >= 15 is 0 Å². The number of hydrogen-bond acceptors (Lipinski definition) is 2. The highest BCUT2D eigenvalue weighted by Crippen LogP contribution is 2.16. The lowest BCUT2D eigenvalue weighted by molar-refractivity contribution is -0.129. The van der Waals surface area contributed by atoms with E-state index < -0.39 is 11.6 Å². The lowest BCUT2D eigenvalue weighted by Crippen LogP contribution is -2.33. The largest absolute Gasteiger partial charge is 0.345 e. The van der Waals surface area contributed by atoms with Crippen molar-refractivity contribution in [2.45, 2.75) is 25.7 Å². The lowest BCUT2D eigenvalue weighted by Gasteiger charge is -2.25. The monoisotopic (exact) mass is 296 g/mol. The first-order chi connectivity index (χ1) is 10.1. The molecule has 1 N–H and O–H groups in total. The van der Waals surface area contributed by atoms with E-state index in [1.165, 1.54) is 12.1 Å². The van der Waals surface area contributed by atoms with E-state index in [2.05, 4.69) is 5.32 Å². The molecule has 1 amide bonds. The molecule has 0 radical (unpaired) electrons. The third-order valence-corrected chi connectivity index (χ3v) is 4.11. The number of nitrogens with one attached hydrogen (secondary N) is 1. The zero-order valence-electron chi connectivity index (χ0n) is 12.4. The topological polar surface area (TPSA) is 32.3 Å². The number of halogens is 2. The van der Waals surface area contributed by atoms with Gasteiger partial charge in [0.2, 0.25) is 5.91 Å². The molecule has 0 spiro atoms. The van der Waals surface area contributed by atoms with Gasteiger partial charge in [-0.3, -0.25) is 4.79 Å². The SMILES string of the molecule is CN(CCC1CCNCC1)C(=O)Cc1ccc(F)cc1F. The maximum Gasteiger partial charge on any atom is 0.226 e. The van der Waals surface area contributed by atoms with E-state index in [-0.39, 0.29) is 17.9 Å². The molecule has 0 bridgehead atoms. The molecule has 5 heteroatoms. The molecule has 1 aromatic rings. The summed E-state index contributed by atoms with van der Waals surface area (Å²) in [7, 11) is 1.74. The number of piperidine rings is 1. The smallest absolute Gasteiger partial charge is 0.226 e. The van der Waals surface area contributed by atoms with Crippen LogP contribution in [0.2, 0.25) is 0 Å². The molecule has 0 aliphatic carbocycles. The van der Waals surface area contributed by atoms with Gasteiger partial charge < -0.3 is 10.2 Å². The van der Waals surface area contributed by atoms with Gasteiger partial charge in [-0.2, -0.15) is 0 Å². The summed E-state index contributed by atoms with van der Waals surface area (Å²) >= 11 is 0. The fraction of sp³-hybridized carbons (Fsp3) is 0.562. The molecule has 3 nitrogen and oxygen atoms in total. The maximum atomic E-state index is 13.5. The van der Waals surface area contributed by atoms with Crippen LogP contribution in [0.4, 0.5) is 8.78 Å². The van der Waals surface area contributed by atoms with Gasteiger partial charge in [0.15, 0.2) is 0 Å². The second-order valence-electron chi connectivity index (χ2n) is 5.71. The molecule has 0 atom stereocenters. The van der Waals surface area contributed by atoms with E-state index in [1.54, 1.807) is 11.9 Å². The normalized spacial score (nSPS) is 16.0. The van der Waals surface area contributed by atoms with Crippen molar-refractivity contribution >= 4 is 5.91 Å². The van der Waals surface area contributed by atoms with Gasteiger partial charge >= 0.3 is 0 Å². The molecule has 0 aromatic heterocycles. The molecule has 1 aliphatic rings.